The molecule has 0 atom stereocenters. The zero-order chi connectivity index (χ0) is 38.2. The fourth-order valence-electron chi connectivity index (χ4n) is 9.58. The largest absolute Gasteiger partial charge is 0.309 e. The molecule has 0 spiro atoms. The lowest BCUT2D eigenvalue weighted by molar-refractivity contribution is 1.33. The van der Waals surface area contributed by atoms with Crippen LogP contribution in [-0.4, -0.2) is 0 Å². The summed E-state index contributed by atoms with van der Waals surface area (Å²) in [6, 6.07) is 80.2. The van der Waals surface area contributed by atoms with Crippen LogP contribution in [0.15, 0.2) is 218 Å². The lowest BCUT2D eigenvalue weighted by Crippen LogP contribution is -2.13. The molecular weight excluding hydrogens is 701 g/mol. The van der Waals surface area contributed by atoms with Crippen molar-refractivity contribution in [1.82, 2.24) is 0 Å². The topological polar surface area (TPSA) is 6.48 Å². The van der Waals surface area contributed by atoms with Gasteiger partial charge < -0.3 is 9.80 Å². The van der Waals surface area contributed by atoms with Gasteiger partial charge in [0.25, 0.3) is 0 Å². The summed E-state index contributed by atoms with van der Waals surface area (Å²) in [7, 11) is 0. The number of fused-ring (bicyclic) bond motifs is 4. The third-order valence-electron chi connectivity index (χ3n) is 12.0. The highest BCUT2D eigenvalue weighted by Crippen LogP contribution is 2.52. The van der Waals surface area contributed by atoms with Gasteiger partial charge in [-0.2, -0.15) is 0 Å². The van der Waals surface area contributed by atoms with Crippen LogP contribution in [-0.2, 0) is 0 Å². The predicted octanol–water partition coefficient (Wildman–Crippen LogP) is 16.1. The van der Waals surface area contributed by atoms with Gasteiger partial charge in [-0.1, -0.05) is 170 Å². The summed E-state index contributed by atoms with van der Waals surface area (Å²) >= 11 is 0. The van der Waals surface area contributed by atoms with E-state index in [4.69, 9.17) is 0 Å². The monoisotopic (exact) mass is 736 g/mol. The molecule has 0 radical (unpaired) electrons. The summed E-state index contributed by atoms with van der Waals surface area (Å²) in [5.41, 5.74) is 6.94. The number of rotatable bonds is 6. The molecule has 0 amide bonds. The second-order valence-electron chi connectivity index (χ2n) is 15.3. The number of anilines is 6. The average Bonchev–Trinajstić information content (AvgIpc) is 3.29. The van der Waals surface area contributed by atoms with Crippen molar-refractivity contribution in [3.05, 3.63) is 218 Å². The minimum Gasteiger partial charge on any atom is -0.309 e. The van der Waals surface area contributed by atoms with Gasteiger partial charge in [-0.05, 0) is 91.6 Å². The van der Waals surface area contributed by atoms with Crippen LogP contribution in [0, 0.1) is 0 Å². The van der Waals surface area contributed by atoms with Crippen molar-refractivity contribution in [3.63, 3.8) is 0 Å². The number of para-hydroxylation sites is 2. The van der Waals surface area contributed by atoms with Crippen molar-refractivity contribution in [2.24, 2.45) is 0 Å². The molecule has 0 unspecified atom stereocenters. The molecule has 12 rings (SSSR count). The number of hydrogen-bond acceptors (Lipinski definition) is 2. The summed E-state index contributed by atoms with van der Waals surface area (Å²) in [6.45, 7) is 0. The molecule has 0 saturated carbocycles. The van der Waals surface area contributed by atoms with Crippen molar-refractivity contribution in [2.45, 2.75) is 0 Å². The molecule has 0 aromatic heterocycles. The van der Waals surface area contributed by atoms with E-state index in [-0.39, 0.29) is 0 Å². The zero-order valence-corrected chi connectivity index (χ0v) is 31.7. The van der Waals surface area contributed by atoms with Crippen LogP contribution in [0.25, 0.3) is 75.4 Å². The second-order valence-corrected chi connectivity index (χ2v) is 15.3. The average molecular weight is 737 g/mol. The first-order valence-electron chi connectivity index (χ1n) is 20.0. The van der Waals surface area contributed by atoms with E-state index in [9.17, 15) is 0 Å². The maximum atomic E-state index is 2.51. The van der Waals surface area contributed by atoms with Gasteiger partial charge >= 0.3 is 0 Å². The van der Waals surface area contributed by atoms with Crippen molar-refractivity contribution in [1.29, 1.82) is 0 Å². The molecule has 0 N–H and O–H groups in total. The molecule has 2 heteroatoms. The first-order chi connectivity index (χ1) is 28.8. The van der Waals surface area contributed by atoms with E-state index in [1.54, 1.807) is 0 Å². The minimum absolute atomic E-state index is 1.12. The molecule has 0 aliphatic rings. The summed E-state index contributed by atoms with van der Waals surface area (Å²) < 4.78 is 0. The second kappa shape index (κ2) is 12.9. The van der Waals surface area contributed by atoms with Crippen molar-refractivity contribution >= 4 is 110 Å². The Morgan fingerprint density at radius 1 is 0.224 bits per heavy atom. The van der Waals surface area contributed by atoms with E-state index >= 15 is 0 Å². The summed E-state index contributed by atoms with van der Waals surface area (Å²) in [4.78, 5) is 5.02. The highest BCUT2D eigenvalue weighted by Gasteiger charge is 2.26. The molecule has 2 nitrogen and oxygen atoms in total. The van der Waals surface area contributed by atoms with E-state index in [0.29, 0.717) is 0 Å². The summed E-state index contributed by atoms with van der Waals surface area (Å²) in [6.07, 6.45) is 0. The van der Waals surface area contributed by atoms with Crippen molar-refractivity contribution in [3.8, 4) is 0 Å². The fourth-order valence-corrected chi connectivity index (χ4v) is 9.58. The molecule has 0 saturated heterocycles. The van der Waals surface area contributed by atoms with Crippen LogP contribution in [0.2, 0.25) is 0 Å². The zero-order valence-electron chi connectivity index (χ0n) is 31.7. The first kappa shape index (κ1) is 32.6. The highest BCUT2D eigenvalue weighted by atomic mass is 15.2. The lowest BCUT2D eigenvalue weighted by atomic mass is 9.90. The molecule has 0 aliphatic heterocycles. The third kappa shape index (κ3) is 4.92. The van der Waals surface area contributed by atoms with Crippen LogP contribution in [0.5, 0.6) is 0 Å². The maximum Gasteiger partial charge on any atom is 0.0618 e. The Labute approximate surface area is 336 Å². The van der Waals surface area contributed by atoms with E-state index in [1.165, 1.54) is 86.8 Å². The molecule has 0 aliphatic carbocycles. The quantitative estimate of drug-likeness (QED) is 0.124. The molecule has 58 heavy (non-hydrogen) atoms. The molecule has 0 fully saturated rings. The molecule has 12 aromatic rings. The molecule has 270 valence electrons. The SMILES string of the molecule is c1ccc(N(c2c3ccccc3cc3ccccc23)c2cc3cccc4c(N(c5ccccc5)c5c6ccccc6cc6ccccc56)cc5cccc2c5c34)cc1. The van der Waals surface area contributed by atoms with Gasteiger partial charge in [0, 0.05) is 43.7 Å². The number of hydrogen-bond donors (Lipinski definition) is 0. The van der Waals surface area contributed by atoms with Crippen LogP contribution >= 0.6 is 0 Å². The molecule has 12 aromatic carbocycles. The Morgan fingerprint density at radius 2 is 0.517 bits per heavy atom. The first-order valence-corrected chi connectivity index (χ1v) is 20.0. The van der Waals surface area contributed by atoms with E-state index in [2.05, 4.69) is 228 Å². The molecular formula is C56H36N2. The molecule has 0 bridgehead atoms. The molecule has 0 heterocycles. The Morgan fingerprint density at radius 3 is 0.879 bits per heavy atom. The Balaban J connectivity index is 1.20. The lowest BCUT2D eigenvalue weighted by Gasteiger charge is -2.32. The van der Waals surface area contributed by atoms with Crippen molar-refractivity contribution in [2.75, 3.05) is 9.80 Å². The van der Waals surface area contributed by atoms with Gasteiger partial charge in [0.05, 0.1) is 22.7 Å². The Bertz CT molecular complexity index is 3170. The van der Waals surface area contributed by atoms with Crippen LogP contribution < -0.4 is 9.80 Å². The van der Waals surface area contributed by atoms with Gasteiger partial charge in [-0.3, -0.25) is 0 Å². The minimum atomic E-state index is 1.12. The number of nitrogens with zero attached hydrogens (tertiary/aromatic N) is 2. The van der Waals surface area contributed by atoms with E-state index in [1.807, 2.05) is 0 Å². The summed E-state index contributed by atoms with van der Waals surface area (Å²) in [5.74, 6) is 0. The van der Waals surface area contributed by atoms with Gasteiger partial charge in [-0.25, -0.2) is 0 Å². The van der Waals surface area contributed by atoms with Crippen LogP contribution in [0.1, 0.15) is 0 Å². The predicted molar refractivity (Wildman–Crippen MR) is 250 cm³/mol. The van der Waals surface area contributed by atoms with Gasteiger partial charge in [-0.15, -0.1) is 0 Å². The fraction of sp³-hybridized carbons (Fsp3) is 0. The summed E-state index contributed by atoms with van der Waals surface area (Å²) in [5, 5.41) is 17.2. The van der Waals surface area contributed by atoms with Crippen LogP contribution in [0.3, 0.4) is 0 Å². The van der Waals surface area contributed by atoms with Crippen molar-refractivity contribution < 1.29 is 0 Å². The standard InChI is InChI=1S/C56H36N2/c1-3-23-43(24-4-1)57(55-45-27-11-7-17-37(45)33-38-18-8-12-28-46(38)55)51-35-41-21-16-32-50-52(36-42-22-15-31-49(51)53(42)54(41)50)58(44-25-5-2-6-26-44)56-47-29-13-9-19-39(47)34-40-20-10-14-30-48(40)56/h1-36H. The van der Waals surface area contributed by atoms with Gasteiger partial charge in [0.15, 0.2) is 0 Å². The Hall–Kier alpha value is -7.68. The van der Waals surface area contributed by atoms with E-state index < -0.39 is 0 Å². The van der Waals surface area contributed by atoms with Gasteiger partial charge in [0.1, 0.15) is 0 Å². The van der Waals surface area contributed by atoms with Gasteiger partial charge in [0.2, 0.25) is 0 Å². The van der Waals surface area contributed by atoms with E-state index in [0.717, 1.165) is 22.7 Å². The smallest absolute Gasteiger partial charge is 0.0618 e. The third-order valence-corrected chi connectivity index (χ3v) is 12.0. The highest BCUT2D eigenvalue weighted by molar-refractivity contribution is 6.31. The van der Waals surface area contributed by atoms with Crippen LogP contribution in [0.4, 0.5) is 34.1 Å². The number of benzene rings is 12. The Kier molecular flexibility index (Phi) is 7.26. The normalized spacial score (nSPS) is 11.8. The maximum absolute atomic E-state index is 2.51.